The number of benzene rings is 1. The molecule has 0 saturated heterocycles. The minimum absolute atomic E-state index is 0.0886. The average molecular weight is 268 g/mol. The molecule has 1 aromatic heterocycles. The summed E-state index contributed by atoms with van der Waals surface area (Å²) in [4.78, 5) is 22.1. The summed E-state index contributed by atoms with van der Waals surface area (Å²) in [5.74, 6) is -2.65. The van der Waals surface area contributed by atoms with E-state index in [1.54, 1.807) is 0 Å². The van der Waals surface area contributed by atoms with Gasteiger partial charge in [0.15, 0.2) is 10.6 Å². The topological polar surface area (TPSA) is 89.4 Å². The summed E-state index contributed by atoms with van der Waals surface area (Å²) in [6, 6.07) is 4.71. The van der Waals surface area contributed by atoms with Crippen LogP contribution in [0.5, 0.6) is 5.75 Å². The number of carboxylic acid groups (broad SMARTS) is 1. The van der Waals surface area contributed by atoms with E-state index in [4.69, 9.17) is 9.84 Å². The van der Waals surface area contributed by atoms with E-state index >= 15 is 0 Å². The molecule has 6 nitrogen and oxygen atoms in total. The second kappa shape index (κ2) is 4.88. The first-order valence-corrected chi connectivity index (χ1v) is 5.38. The number of ether oxygens (including phenoxy) is 1. The van der Waals surface area contributed by atoms with E-state index < -0.39 is 17.8 Å². The van der Waals surface area contributed by atoms with Crippen LogP contribution in [0.3, 0.4) is 0 Å². The number of aromatic carboxylic acids is 1. The number of rotatable bonds is 3. The highest BCUT2D eigenvalue weighted by Gasteiger charge is 2.23. The zero-order chi connectivity index (χ0) is 13.1. The Morgan fingerprint density at radius 1 is 1.28 bits per heavy atom. The first kappa shape index (κ1) is 12.1. The van der Waals surface area contributed by atoms with Gasteiger partial charge < -0.3 is 9.84 Å². The molecule has 0 spiro atoms. The molecular weight excluding hydrogens is 263 g/mol. The van der Waals surface area contributed by atoms with Crippen molar-refractivity contribution in [1.29, 1.82) is 0 Å². The molecule has 0 aliphatic heterocycles. The zero-order valence-electron chi connectivity index (χ0n) is 8.66. The second-order valence-electron chi connectivity index (χ2n) is 3.10. The molecule has 1 heterocycles. The highest BCUT2D eigenvalue weighted by atomic mass is 32.1. The third kappa shape index (κ3) is 2.48. The van der Waals surface area contributed by atoms with Gasteiger partial charge in [0.1, 0.15) is 11.6 Å². The van der Waals surface area contributed by atoms with Crippen molar-refractivity contribution in [1.82, 2.24) is 9.59 Å². The molecule has 0 aliphatic rings. The molecule has 0 unspecified atom stereocenters. The van der Waals surface area contributed by atoms with Crippen LogP contribution in [-0.4, -0.2) is 26.6 Å². The molecule has 2 aromatic rings. The van der Waals surface area contributed by atoms with Crippen molar-refractivity contribution in [3.63, 3.8) is 0 Å². The van der Waals surface area contributed by atoms with E-state index in [0.717, 1.165) is 12.1 Å². The standard InChI is InChI=1S/C10H5FN2O4S/c11-5-1-3-6(4-2-5)17-10(16)7-8(9(14)15)18-13-12-7/h1-4H,(H,14,15). The van der Waals surface area contributed by atoms with Crippen LogP contribution in [0, 0.1) is 5.82 Å². The lowest BCUT2D eigenvalue weighted by Gasteiger charge is -2.01. The number of aromatic nitrogens is 2. The van der Waals surface area contributed by atoms with Crippen LogP contribution in [0.15, 0.2) is 24.3 Å². The Balaban J connectivity index is 2.19. The van der Waals surface area contributed by atoms with Crippen LogP contribution < -0.4 is 4.74 Å². The van der Waals surface area contributed by atoms with Crippen LogP contribution in [0.1, 0.15) is 20.2 Å². The lowest BCUT2D eigenvalue weighted by Crippen LogP contribution is -2.13. The summed E-state index contributed by atoms with van der Waals surface area (Å²) in [7, 11) is 0. The molecular formula is C10H5FN2O4S. The number of hydrogen-bond donors (Lipinski definition) is 1. The van der Waals surface area contributed by atoms with Gasteiger partial charge in [0.2, 0.25) is 0 Å². The smallest absolute Gasteiger partial charge is 0.366 e. The van der Waals surface area contributed by atoms with Gasteiger partial charge in [0.25, 0.3) is 0 Å². The fourth-order valence-electron chi connectivity index (χ4n) is 1.12. The van der Waals surface area contributed by atoms with Gasteiger partial charge in [-0.05, 0) is 35.8 Å². The molecule has 2 rings (SSSR count). The van der Waals surface area contributed by atoms with E-state index in [-0.39, 0.29) is 16.3 Å². The number of hydrogen-bond acceptors (Lipinski definition) is 6. The van der Waals surface area contributed by atoms with Crippen molar-refractivity contribution in [2.75, 3.05) is 0 Å². The Bertz CT molecular complexity index is 596. The first-order chi connectivity index (χ1) is 8.58. The number of carbonyl (C=O) groups is 2. The molecule has 0 bridgehead atoms. The van der Waals surface area contributed by atoms with Crippen LogP contribution in [0.25, 0.3) is 0 Å². The van der Waals surface area contributed by atoms with Crippen molar-refractivity contribution < 1.29 is 23.8 Å². The van der Waals surface area contributed by atoms with Gasteiger partial charge in [-0.25, -0.2) is 14.0 Å². The van der Waals surface area contributed by atoms with Crippen LogP contribution >= 0.6 is 11.5 Å². The van der Waals surface area contributed by atoms with Crippen molar-refractivity contribution >= 4 is 23.5 Å². The van der Waals surface area contributed by atoms with E-state index in [1.807, 2.05) is 0 Å². The van der Waals surface area contributed by atoms with Gasteiger partial charge in [-0.15, -0.1) is 5.10 Å². The summed E-state index contributed by atoms with van der Waals surface area (Å²) in [6.07, 6.45) is 0. The van der Waals surface area contributed by atoms with Crippen molar-refractivity contribution in [3.8, 4) is 5.75 Å². The van der Waals surface area contributed by atoms with Gasteiger partial charge in [-0.3, -0.25) is 0 Å². The molecule has 0 atom stereocenters. The molecule has 18 heavy (non-hydrogen) atoms. The minimum atomic E-state index is -1.31. The highest BCUT2D eigenvalue weighted by molar-refractivity contribution is 7.08. The Morgan fingerprint density at radius 2 is 1.94 bits per heavy atom. The van der Waals surface area contributed by atoms with Gasteiger partial charge in [-0.2, -0.15) is 0 Å². The molecule has 0 amide bonds. The van der Waals surface area contributed by atoms with E-state index in [1.165, 1.54) is 12.1 Å². The summed E-state index contributed by atoms with van der Waals surface area (Å²) in [5.41, 5.74) is -0.378. The Kier molecular flexibility index (Phi) is 3.28. The quantitative estimate of drug-likeness (QED) is 0.671. The van der Waals surface area contributed by atoms with Crippen molar-refractivity contribution in [2.24, 2.45) is 0 Å². The predicted octanol–water partition coefficient (Wildman–Crippen LogP) is 1.59. The van der Waals surface area contributed by atoms with Gasteiger partial charge in [-0.1, -0.05) is 4.49 Å². The number of nitrogens with zero attached hydrogens (tertiary/aromatic N) is 2. The van der Waals surface area contributed by atoms with E-state index in [0.29, 0.717) is 11.5 Å². The van der Waals surface area contributed by atoms with Gasteiger partial charge >= 0.3 is 11.9 Å². The Hall–Kier alpha value is -2.35. The molecule has 0 aliphatic carbocycles. The lowest BCUT2D eigenvalue weighted by atomic mass is 10.3. The monoisotopic (exact) mass is 268 g/mol. The second-order valence-corrected chi connectivity index (χ2v) is 3.85. The highest BCUT2D eigenvalue weighted by Crippen LogP contribution is 2.16. The van der Waals surface area contributed by atoms with Crippen molar-refractivity contribution in [2.45, 2.75) is 0 Å². The lowest BCUT2D eigenvalue weighted by molar-refractivity contribution is 0.0669. The summed E-state index contributed by atoms with van der Waals surface area (Å²) in [6.45, 7) is 0. The summed E-state index contributed by atoms with van der Waals surface area (Å²) >= 11 is 0.578. The zero-order valence-corrected chi connectivity index (χ0v) is 9.48. The van der Waals surface area contributed by atoms with Gasteiger partial charge in [0, 0.05) is 0 Å². The first-order valence-electron chi connectivity index (χ1n) is 4.61. The predicted molar refractivity (Wildman–Crippen MR) is 58.2 cm³/mol. The number of esters is 1. The average Bonchev–Trinajstić information content (AvgIpc) is 2.81. The molecule has 1 aromatic carbocycles. The molecule has 0 radical (unpaired) electrons. The normalized spacial score (nSPS) is 10.1. The number of halogens is 1. The van der Waals surface area contributed by atoms with Gasteiger partial charge in [0.05, 0.1) is 0 Å². The third-order valence-corrected chi connectivity index (χ3v) is 2.61. The number of carbonyl (C=O) groups excluding carboxylic acids is 1. The maximum Gasteiger partial charge on any atom is 0.366 e. The molecule has 92 valence electrons. The molecule has 1 N–H and O–H groups in total. The largest absolute Gasteiger partial charge is 0.477 e. The van der Waals surface area contributed by atoms with Crippen LogP contribution in [-0.2, 0) is 0 Å². The Labute approximate surface area is 104 Å². The molecule has 0 fully saturated rings. The van der Waals surface area contributed by atoms with Crippen LogP contribution in [0.4, 0.5) is 4.39 Å². The maximum atomic E-state index is 12.6. The minimum Gasteiger partial charge on any atom is -0.477 e. The van der Waals surface area contributed by atoms with E-state index in [9.17, 15) is 14.0 Å². The molecule has 0 saturated carbocycles. The van der Waals surface area contributed by atoms with Crippen LogP contribution in [0.2, 0.25) is 0 Å². The van der Waals surface area contributed by atoms with E-state index in [2.05, 4.69) is 9.59 Å². The summed E-state index contributed by atoms with van der Waals surface area (Å²) < 4.78 is 20.8. The summed E-state index contributed by atoms with van der Waals surface area (Å²) in [5, 5.41) is 12.2. The Morgan fingerprint density at radius 3 is 2.56 bits per heavy atom. The van der Waals surface area contributed by atoms with Crippen molar-refractivity contribution in [3.05, 3.63) is 40.7 Å². The fourth-order valence-corrected chi connectivity index (χ4v) is 1.62. The molecule has 8 heteroatoms. The third-order valence-electron chi connectivity index (χ3n) is 1.90. The fraction of sp³-hybridized carbons (Fsp3) is 0. The number of carboxylic acids is 1. The SMILES string of the molecule is O=C(Oc1ccc(F)cc1)c1nnsc1C(=O)O. The maximum absolute atomic E-state index is 12.6.